The van der Waals surface area contributed by atoms with Gasteiger partial charge in [0.2, 0.25) is 11.9 Å². The zero-order valence-electron chi connectivity index (χ0n) is 17.7. The molecule has 1 amide bonds. The molecule has 11 heteroatoms. The highest BCUT2D eigenvalue weighted by atomic mass is 35.5. The van der Waals surface area contributed by atoms with Crippen molar-refractivity contribution in [3.8, 4) is 5.69 Å². The van der Waals surface area contributed by atoms with Gasteiger partial charge in [0.25, 0.3) is 5.69 Å². The lowest BCUT2D eigenvalue weighted by Gasteiger charge is -2.19. The Bertz CT molecular complexity index is 1230. The molecule has 2 aliphatic rings. The molecule has 1 aromatic heterocycles. The van der Waals surface area contributed by atoms with Gasteiger partial charge in [-0.05, 0) is 49.1 Å². The minimum absolute atomic E-state index is 0.0430. The SMILES string of the molecule is O=C(CSc1nnc(N2CCCC2)n1-c1cccc(Cl)c1)N1CCc2cc([N+](=O)[O-])ccc21. The van der Waals surface area contributed by atoms with Crippen LogP contribution in [0.25, 0.3) is 5.69 Å². The number of thioether (sulfide) groups is 1. The molecule has 170 valence electrons. The first-order chi connectivity index (χ1) is 16.0. The Morgan fingerprint density at radius 3 is 2.70 bits per heavy atom. The fourth-order valence-electron chi connectivity index (χ4n) is 4.28. The standard InChI is InChI=1S/C22H21ClN6O3S/c23-16-4-3-5-17(13-16)28-21(26-9-1-2-10-26)24-25-22(28)33-14-20(30)27-11-8-15-12-18(29(31)32)6-7-19(15)27/h3-7,12-13H,1-2,8-11,14H2. The zero-order chi connectivity index (χ0) is 22.9. The normalized spacial score (nSPS) is 15.2. The molecule has 33 heavy (non-hydrogen) atoms. The van der Waals surface area contributed by atoms with E-state index in [0.717, 1.165) is 48.8 Å². The number of benzene rings is 2. The molecule has 0 N–H and O–H groups in total. The quantitative estimate of drug-likeness (QED) is 0.295. The first-order valence-corrected chi connectivity index (χ1v) is 12.0. The van der Waals surface area contributed by atoms with E-state index in [-0.39, 0.29) is 17.3 Å². The summed E-state index contributed by atoms with van der Waals surface area (Å²) in [6.07, 6.45) is 2.82. The van der Waals surface area contributed by atoms with Crippen molar-refractivity contribution in [3.05, 3.63) is 63.2 Å². The number of anilines is 2. The molecule has 0 spiro atoms. The van der Waals surface area contributed by atoms with Gasteiger partial charge in [-0.2, -0.15) is 0 Å². The molecule has 0 aliphatic carbocycles. The van der Waals surface area contributed by atoms with Gasteiger partial charge in [-0.1, -0.05) is 29.4 Å². The van der Waals surface area contributed by atoms with Crippen LogP contribution in [0.4, 0.5) is 17.3 Å². The topological polar surface area (TPSA) is 97.4 Å². The van der Waals surface area contributed by atoms with Gasteiger partial charge >= 0.3 is 0 Å². The maximum absolute atomic E-state index is 13.0. The second kappa shape index (κ2) is 9.03. The number of non-ortho nitro benzene ring substituents is 1. The summed E-state index contributed by atoms with van der Waals surface area (Å²) < 4.78 is 1.95. The number of amides is 1. The smallest absolute Gasteiger partial charge is 0.269 e. The highest BCUT2D eigenvalue weighted by Crippen LogP contribution is 2.33. The van der Waals surface area contributed by atoms with Gasteiger partial charge in [-0.3, -0.25) is 19.5 Å². The first kappa shape index (κ1) is 21.7. The molecule has 1 fully saturated rings. The average molecular weight is 485 g/mol. The molecule has 0 bridgehead atoms. The third kappa shape index (κ3) is 4.28. The Kier molecular flexibility index (Phi) is 5.94. The molecule has 0 radical (unpaired) electrons. The number of hydrogen-bond acceptors (Lipinski definition) is 7. The third-order valence-corrected chi connectivity index (χ3v) is 7.02. The molecule has 3 heterocycles. The number of aromatic nitrogens is 3. The second-order valence-corrected chi connectivity index (χ2v) is 9.33. The van der Waals surface area contributed by atoms with Crippen LogP contribution in [0.2, 0.25) is 5.02 Å². The predicted molar refractivity (Wildman–Crippen MR) is 128 cm³/mol. The van der Waals surface area contributed by atoms with Gasteiger partial charge in [0.15, 0.2) is 5.16 Å². The van der Waals surface area contributed by atoms with Crippen LogP contribution in [-0.4, -0.2) is 51.0 Å². The molecule has 5 rings (SSSR count). The van der Waals surface area contributed by atoms with Crippen molar-refractivity contribution in [1.82, 2.24) is 14.8 Å². The van der Waals surface area contributed by atoms with Crippen molar-refractivity contribution in [3.63, 3.8) is 0 Å². The zero-order valence-corrected chi connectivity index (χ0v) is 19.3. The van der Waals surface area contributed by atoms with Crippen molar-refractivity contribution in [2.45, 2.75) is 24.4 Å². The summed E-state index contributed by atoms with van der Waals surface area (Å²) in [6, 6.07) is 12.2. The Labute approximate surface area is 199 Å². The maximum Gasteiger partial charge on any atom is 0.269 e. The van der Waals surface area contributed by atoms with Crippen molar-refractivity contribution < 1.29 is 9.72 Å². The number of nitrogens with zero attached hydrogens (tertiary/aromatic N) is 6. The summed E-state index contributed by atoms with van der Waals surface area (Å²) in [4.78, 5) is 27.6. The Balaban J connectivity index is 1.37. The van der Waals surface area contributed by atoms with Gasteiger partial charge in [0, 0.05) is 42.5 Å². The van der Waals surface area contributed by atoms with E-state index >= 15 is 0 Å². The fourth-order valence-corrected chi connectivity index (χ4v) is 5.29. The lowest BCUT2D eigenvalue weighted by Crippen LogP contribution is -2.30. The predicted octanol–water partition coefficient (Wildman–Crippen LogP) is 4.11. The molecule has 2 aliphatic heterocycles. The fraction of sp³-hybridized carbons (Fsp3) is 0.318. The summed E-state index contributed by atoms with van der Waals surface area (Å²) in [6.45, 7) is 2.34. The van der Waals surface area contributed by atoms with Crippen LogP contribution in [0, 0.1) is 10.1 Å². The largest absolute Gasteiger partial charge is 0.341 e. The van der Waals surface area contributed by atoms with E-state index in [4.69, 9.17) is 11.6 Å². The van der Waals surface area contributed by atoms with Gasteiger partial charge in [-0.25, -0.2) is 0 Å². The van der Waals surface area contributed by atoms with Crippen molar-refractivity contribution in [2.24, 2.45) is 0 Å². The number of nitro groups is 1. The molecule has 9 nitrogen and oxygen atoms in total. The lowest BCUT2D eigenvalue weighted by molar-refractivity contribution is -0.384. The number of carbonyl (C=O) groups is 1. The van der Waals surface area contributed by atoms with Crippen LogP contribution >= 0.6 is 23.4 Å². The van der Waals surface area contributed by atoms with E-state index in [2.05, 4.69) is 15.1 Å². The monoisotopic (exact) mass is 484 g/mol. The van der Waals surface area contributed by atoms with Crippen LogP contribution in [0.1, 0.15) is 18.4 Å². The number of rotatable bonds is 6. The Morgan fingerprint density at radius 2 is 1.94 bits per heavy atom. The molecular formula is C22H21ClN6O3S. The average Bonchev–Trinajstić information content (AvgIpc) is 3.56. The summed E-state index contributed by atoms with van der Waals surface area (Å²) in [5, 5.41) is 21.1. The first-order valence-electron chi connectivity index (χ1n) is 10.7. The van der Waals surface area contributed by atoms with Crippen molar-refractivity contribution in [1.29, 1.82) is 0 Å². The molecule has 1 saturated heterocycles. The van der Waals surface area contributed by atoms with E-state index in [1.807, 2.05) is 28.8 Å². The van der Waals surface area contributed by atoms with Crippen molar-refractivity contribution >= 4 is 46.6 Å². The minimum atomic E-state index is -0.415. The van der Waals surface area contributed by atoms with Gasteiger partial charge in [0.1, 0.15) is 0 Å². The molecule has 3 aromatic rings. The second-order valence-electron chi connectivity index (χ2n) is 7.95. The molecule has 0 atom stereocenters. The highest BCUT2D eigenvalue weighted by molar-refractivity contribution is 7.99. The number of carbonyl (C=O) groups excluding carboxylic acids is 1. The minimum Gasteiger partial charge on any atom is -0.341 e. The maximum atomic E-state index is 13.0. The van der Waals surface area contributed by atoms with Gasteiger partial charge in [0.05, 0.1) is 16.4 Å². The van der Waals surface area contributed by atoms with Crippen LogP contribution in [-0.2, 0) is 11.2 Å². The molecule has 2 aromatic carbocycles. The molecular weight excluding hydrogens is 464 g/mol. The third-order valence-electron chi connectivity index (χ3n) is 5.87. The number of hydrogen-bond donors (Lipinski definition) is 0. The van der Waals surface area contributed by atoms with Crippen LogP contribution in [0.15, 0.2) is 47.6 Å². The Hall–Kier alpha value is -3.11. The van der Waals surface area contributed by atoms with Crippen LogP contribution in [0.5, 0.6) is 0 Å². The van der Waals surface area contributed by atoms with Gasteiger partial charge < -0.3 is 9.80 Å². The van der Waals surface area contributed by atoms with E-state index in [1.54, 1.807) is 17.0 Å². The van der Waals surface area contributed by atoms with Crippen LogP contribution < -0.4 is 9.80 Å². The summed E-state index contributed by atoms with van der Waals surface area (Å²) in [5.74, 6) is 0.856. The summed E-state index contributed by atoms with van der Waals surface area (Å²) >= 11 is 7.57. The molecule has 0 saturated carbocycles. The van der Waals surface area contributed by atoms with Gasteiger partial charge in [-0.15, -0.1) is 10.2 Å². The molecule has 0 unspecified atom stereocenters. The Morgan fingerprint density at radius 1 is 1.12 bits per heavy atom. The van der Waals surface area contributed by atoms with E-state index in [1.165, 1.54) is 17.8 Å². The summed E-state index contributed by atoms with van der Waals surface area (Å²) in [7, 11) is 0. The van der Waals surface area contributed by atoms with E-state index in [0.29, 0.717) is 23.1 Å². The van der Waals surface area contributed by atoms with Crippen molar-refractivity contribution in [2.75, 3.05) is 35.2 Å². The number of halogens is 1. The van der Waals surface area contributed by atoms with E-state index in [9.17, 15) is 14.9 Å². The number of fused-ring (bicyclic) bond motifs is 1. The van der Waals surface area contributed by atoms with E-state index < -0.39 is 4.92 Å². The summed E-state index contributed by atoms with van der Waals surface area (Å²) in [5.41, 5.74) is 2.45. The lowest BCUT2D eigenvalue weighted by atomic mass is 10.1. The highest BCUT2D eigenvalue weighted by Gasteiger charge is 2.28. The number of nitro benzene ring substituents is 1. The van der Waals surface area contributed by atoms with Crippen LogP contribution in [0.3, 0.4) is 0 Å².